The fourth-order valence-corrected chi connectivity index (χ4v) is 3.09. The Morgan fingerprint density at radius 3 is 2.55 bits per heavy atom. The van der Waals surface area contributed by atoms with Crippen LogP contribution in [0, 0.1) is 10.5 Å². The van der Waals surface area contributed by atoms with Crippen molar-refractivity contribution in [1.29, 1.82) is 0 Å². The Balaban J connectivity index is 3.29. The summed E-state index contributed by atoms with van der Waals surface area (Å²) in [6.45, 7) is 2.03. The molecule has 11 heavy (non-hydrogen) atoms. The minimum atomic E-state index is 0.893. The third-order valence-electron chi connectivity index (χ3n) is 1.45. The molecule has 0 unspecified atom stereocenters. The van der Waals surface area contributed by atoms with E-state index in [4.69, 9.17) is 11.6 Å². The van der Waals surface area contributed by atoms with Gasteiger partial charge in [-0.15, -0.1) is 11.8 Å². The molecule has 1 aromatic rings. The lowest BCUT2D eigenvalue weighted by atomic mass is 10.2. The highest BCUT2D eigenvalue weighted by atomic mass is 127. The zero-order valence-electron chi connectivity index (χ0n) is 6.32. The predicted molar refractivity (Wildman–Crippen MR) is 60.7 cm³/mol. The normalized spacial score (nSPS) is 10.2. The number of halogens is 2. The van der Waals surface area contributed by atoms with Gasteiger partial charge in [0.15, 0.2) is 0 Å². The largest absolute Gasteiger partial charge is 0.127 e. The highest BCUT2D eigenvalue weighted by Gasteiger charge is 2.05. The second-order valence-corrected chi connectivity index (χ2v) is 4.57. The molecule has 0 saturated carbocycles. The van der Waals surface area contributed by atoms with Crippen molar-refractivity contribution >= 4 is 46.0 Å². The van der Waals surface area contributed by atoms with Gasteiger partial charge < -0.3 is 0 Å². The molecule has 0 aliphatic heterocycles. The minimum Gasteiger partial charge on any atom is -0.127 e. The van der Waals surface area contributed by atoms with E-state index in [0.717, 1.165) is 10.6 Å². The van der Waals surface area contributed by atoms with Crippen molar-refractivity contribution in [3.8, 4) is 0 Å². The maximum absolute atomic E-state index is 6.07. The van der Waals surface area contributed by atoms with Crippen LogP contribution in [0.4, 0.5) is 0 Å². The minimum absolute atomic E-state index is 0.893. The van der Waals surface area contributed by atoms with E-state index in [1.807, 2.05) is 19.2 Å². The van der Waals surface area contributed by atoms with Crippen molar-refractivity contribution in [3.05, 3.63) is 26.3 Å². The van der Waals surface area contributed by atoms with Crippen molar-refractivity contribution in [2.45, 2.75) is 11.8 Å². The quantitative estimate of drug-likeness (QED) is 0.558. The van der Waals surface area contributed by atoms with E-state index in [-0.39, 0.29) is 0 Å². The first-order valence-electron chi connectivity index (χ1n) is 3.15. The number of benzene rings is 1. The average molecular weight is 299 g/mol. The summed E-state index contributed by atoms with van der Waals surface area (Å²) in [7, 11) is 0. The fourth-order valence-electron chi connectivity index (χ4n) is 0.818. The van der Waals surface area contributed by atoms with Gasteiger partial charge in [0.05, 0.1) is 5.02 Å². The number of aryl methyl sites for hydroxylation is 1. The molecular formula is C8H8ClIS. The van der Waals surface area contributed by atoms with Crippen molar-refractivity contribution in [2.75, 3.05) is 6.26 Å². The first-order valence-corrected chi connectivity index (χ1v) is 5.83. The molecule has 0 aliphatic carbocycles. The lowest BCUT2D eigenvalue weighted by molar-refractivity contribution is 1.33. The van der Waals surface area contributed by atoms with Crippen LogP contribution >= 0.6 is 46.0 Å². The Morgan fingerprint density at radius 1 is 1.45 bits per heavy atom. The van der Waals surface area contributed by atoms with Crippen LogP contribution in [-0.2, 0) is 0 Å². The lowest BCUT2D eigenvalue weighted by Gasteiger charge is -2.05. The van der Waals surface area contributed by atoms with Gasteiger partial charge in [0, 0.05) is 8.47 Å². The standard InChI is InChI=1S/C8H8ClIS/c1-5-3-4-6(10)8(11-2)7(5)9/h3-4H,1-2H3. The van der Waals surface area contributed by atoms with Crippen LogP contribution in [0.15, 0.2) is 17.0 Å². The molecule has 3 heteroatoms. The lowest BCUT2D eigenvalue weighted by Crippen LogP contribution is -1.83. The van der Waals surface area contributed by atoms with E-state index >= 15 is 0 Å². The maximum atomic E-state index is 6.07. The summed E-state index contributed by atoms with van der Waals surface area (Å²) in [6, 6.07) is 4.14. The van der Waals surface area contributed by atoms with Gasteiger partial charge >= 0.3 is 0 Å². The second kappa shape index (κ2) is 4.01. The molecule has 0 aliphatic rings. The van der Waals surface area contributed by atoms with Gasteiger partial charge in [-0.2, -0.15) is 0 Å². The zero-order valence-corrected chi connectivity index (χ0v) is 10.0. The first kappa shape index (κ1) is 9.68. The average Bonchev–Trinajstić information content (AvgIpc) is 1.99. The van der Waals surface area contributed by atoms with Crippen LogP contribution in [0.3, 0.4) is 0 Å². The molecule has 0 bridgehead atoms. The SMILES string of the molecule is CSc1c(I)ccc(C)c1Cl. The third kappa shape index (κ3) is 2.04. The monoisotopic (exact) mass is 298 g/mol. The fraction of sp³-hybridized carbons (Fsp3) is 0.250. The zero-order chi connectivity index (χ0) is 8.43. The number of thioether (sulfide) groups is 1. The molecule has 0 radical (unpaired) electrons. The molecule has 0 atom stereocenters. The van der Waals surface area contributed by atoms with E-state index in [1.165, 1.54) is 8.47 Å². The molecule has 0 fully saturated rings. The summed E-state index contributed by atoms with van der Waals surface area (Å²) in [5.74, 6) is 0. The molecule has 0 nitrogen and oxygen atoms in total. The van der Waals surface area contributed by atoms with Crippen molar-refractivity contribution < 1.29 is 0 Å². The molecular weight excluding hydrogens is 291 g/mol. The first-order chi connectivity index (χ1) is 5.16. The maximum Gasteiger partial charge on any atom is 0.0581 e. The summed E-state index contributed by atoms with van der Waals surface area (Å²) in [5.41, 5.74) is 1.15. The topological polar surface area (TPSA) is 0 Å². The van der Waals surface area contributed by atoms with Gasteiger partial charge in [0.1, 0.15) is 0 Å². The van der Waals surface area contributed by atoms with Crippen LogP contribution in [0.5, 0.6) is 0 Å². The molecule has 1 rings (SSSR count). The van der Waals surface area contributed by atoms with Gasteiger partial charge in [-0.25, -0.2) is 0 Å². The molecule has 0 heterocycles. The molecule has 0 N–H and O–H groups in total. The molecule has 0 amide bonds. The summed E-state index contributed by atoms with van der Waals surface area (Å²) < 4.78 is 1.23. The van der Waals surface area contributed by atoms with E-state index in [0.29, 0.717) is 0 Å². The number of rotatable bonds is 1. The number of hydrogen-bond donors (Lipinski definition) is 0. The summed E-state index contributed by atoms with van der Waals surface area (Å²) in [5, 5.41) is 0.893. The second-order valence-electron chi connectivity index (χ2n) is 2.21. The molecule has 0 aromatic heterocycles. The Hall–Kier alpha value is 0.590. The summed E-state index contributed by atoms with van der Waals surface area (Å²) in [4.78, 5) is 1.19. The van der Waals surface area contributed by atoms with Crippen LogP contribution in [0.25, 0.3) is 0 Å². The Kier molecular flexibility index (Phi) is 3.52. The van der Waals surface area contributed by atoms with Crippen LogP contribution < -0.4 is 0 Å². The summed E-state index contributed by atoms with van der Waals surface area (Å²) >= 11 is 10.1. The van der Waals surface area contributed by atoms with Gasteiger partial charge in [-0.3, -0.25) is 0 Å². The van der Waals surface area contributed by atoms with Crippen molar-refractivity contribution in [1.82, 2.24) is 0 Å². The van der Waals surface area contributed by atoms with Crippen molar-refractivity contribution in [2.24, 2.45) is 0 Å². The highest BCUT2D eigenvalue weighted by molar-refractivity contribution is 14.1. The van der Waals surface area contributed by atoms with E-state index in [1.54, 1.807) is 11.8 Å². The van der Waals surface area contributed by atoms with Gasteiger partial charge in [0.25, 0.3) is 0 Å². The Morgan fingerprint density at radius 2 is 2.09 bits per heavy atom. The van der Waals surface area contributed by atoms with Gasteiger partial charge in [0.2, 0.25) is 0 Å². The van der Waals surface area contributed by atoms with Crippen LogP contribution in [0.1, 0.15) is 5.56 Å². The van der Waals surface area contributed by atoms with E-state index < -0.39 is 0 Å². The Bertz CT molecular complexity index is 273. The van der Waals surface area contributed by atoms with E-state index in [9.17, 15) is 0 Å². The number of hydrogen-bond acceptors (Lipinski definition) is 1. The molecule has 0 saturated heterocycles. The predicted octanol–water partition coefficient (Wildman–Crippen LogP) is 3.97. The molecule has 0 spiro atoms. The van der Waals surface area contributed by atoms with E-state index in [2.05, 4.69) is 28.7 Å². The smallest absolute Gasteiger partial charge is 0.0581 e. The highest BCUT2D eigenvalue weighted by Crippen LogP contribution is 2.32. The van der Waals surface area contributed by atoms with Crippen LogP contribution in [0.2, 0.25) is 5.02 Å². The molecule has 1 aromatic carbocycles. The third-order valence-corrected chi connectivity index (χ3v) is 4.14. The van der Waals surface area contributed by atoms with Gasteiger partial charge in [-0.05, 0) is 47.4 Å². The molecule has 60 valence electrons. The van der Waals surface area contributed by atoms with Crippen LogP contribution in [-0.4, -0.2) is 6.26 Å². The van der Waals surface area contributed by atoms with Gasteiger partial charge in [-0.1, -0.05) is 17.7 Å². The Labute approximate surface area is 89.8 Å². The van der Waals surface area contributed by atoms with Crippen molar-refractivity contribution in [3.63, 3.8) is 0 Å². The summed E-state index contributed by atoms with van der Waals surface area (Å²) in [6.07, 6.45) is 2.04.